The lowest BCUT2D eigenvalue weighted by Gasteiger charge is -2.10. The summed E-state index contributed by atoms with van der Waals surface area (Å²) in [6, 6.07) is 12.2. The first-order valence-electron chi connectivity index (χ1n) is 8.19. The molecule has 0 fully saturated rings. The van der Waals surface area contributed by atoms with Crippen molar-refractivity contribution in [2.75, 3.05) is 0 Å². The lowest BCUT2D eigenvalue weighted by atomic mass is 10.2. The lowest BCUT2D eigenvalue weighted by molar-refractivity contribution is -0.137. The first-order valence-corrected chi connectivity index (χ1v) is 8.98. The number of rotatable bonds is 3. The number of aromatic nitrogens is 4. The van der Waals surface area contributed by atoms with Crippen LogP contribution in [0.3, 0.4) is 0 Å². The van der Waals surface area contributed by atoms with Gasteiger partial charge in [-0.05, 0) is 29.8 Å². The predicted octanol–water partition coefficient (Wildman–Crippen LogP) is 4.41. The Morgan fingerprint density at radius 3 is 2.61 bits per heavy atom. The molecule has 2 heterocycles. The Hall–Kier alpha value is -2.94. The predicted molar refractivity (Wildman–Crippen MR) is 101 cm³/mol. The van der Waals surface area contributed by atoms with Gasteiger partial charge in [0.1, 0.15) is 11.7 Å². The smallest absolute Gasteiger partial charge is 0.294 e. The molecular formula is C19H12BrF3N4O. The molecule has 0 amide bonds. The summed E-state index contributed by atoms with van der Waals surface area (Å²) in [5.74, 6) is 0. The van der Waals surface area contributed by atoms with Crippen molar-refractivity contribution in [1.29, 1.82) is 0 Å². The molecule has 28 heavy (non-hydrogen) atoms. The standard InChI is InChI=1S/C19H12BrF3N4O/c20-16-7-2-1-4-12(16)10-26-11-24-17-15(18(26)28)9-25-27(17)14-6-3-5-13(8-14)19(21,22)23/h1-9,11H,10H2. The van der Waals surface area contributed by atoms with Gasteiger partial charge in [0.15, 0.2) is 5.65 Å². The van der Waals surface area contributed by atoms with E-state index in [0.29, 0.717) is 6.54 Å². The number of nitrogens with zero attached hydrogens (tertiary/aromatic N) is 4. The summed E-state index contributed by atoms with van der Waals surface area (Å²) in [4.78, 5) is 17.1. The van der Waals surface area contributed by atoms with E-state index in [2.05, 4.69) is 26.0 Å². The Bertz CT molecular complexity index is 1230. The maximum Gasteiger partial charge on any atom is 0.416 e. The number of alkyl halides is 3. The van der Waals surface area contributed by atoms with E-state index in [-0.39, 0.29) is 22.3 Å². The molecule has 0 aliphatic heterocycles. The Labute approximate surface area is 165 Å². The second-order valence-electron chi connectivity index (χ2n) is 6.11. The number of benzene rings is 2. The van der Waals surface area contributed by atoms with Crippen LogP contribution in [0.15, 0.2) is 70.3 Å². The third-order valence-corrected chi connectivity index (χ3v) is 5.04. The Balaban J connectivity index is 1.78. The van der Waals surface area contributed by atoms with Crippen LogP contribution in [0.25, 0.3) is 16.7 Å². The third kappa shape index (κ3) is 3.33. The molecule has 0 radical (unpaired) electrons. The van der Waals surface area contributed by atoms with Crippen LogP contribution in [0, 0.1) is 0 Å². The lowest BCUT2D eigenvalue weighted by Crippen LogP contribution is -2.21. The Morgan fingerprint density at radius 1 is 1.07 bits per heavy atom. The van der Waals surface area contributed by atoms with Gasteiger partial charge in [-0.3, -0.25) is 9.36 Å². The fourth-order valence-corrected chi connectivity index (χ4v) is 3.28. The molecule has 0 atom stereocenters. The molecule has 4 aromatic rings. The third-order valence-electron chi connectivity index (χ3n) is 4.27. The zero-order valence-corrected chi connectivity index (χ0v) is 15.8. The van der Waals surface area contributed by atoms with Crippen molar-refractivity contribution >= 4 is 27.0 Å². The highest BCUT2D eigenvalue weighted by atomic mass is 79.9. The van der Waals surface area contributed by atoms with Crippen molar-refractivity contribution in [3.05, 3.63) is 87.0 Å². The van der Waals surface area contributed by atoms with Gasteiger partial charge in [-0.2, -0.15) is 18.3 Å². The minimum absolute atomic E-state index is 0.181. The van der Waals surface area contributed by atoms with Gasteiger partial charge in [-0.15, -0.1) is 0 Å². The largest absolute Gasteiger partial charge is 0.416 e. The molecule has 5 nitrogen and oxygen atoms in total. The van der Waals surface area contributed by atoms with Gasteiger partial charge < -0.3 is 0 Å². The SMILES string of the molecule is O=c1c2cnn(-c3cccc(C(F)(F)F)c3)c2ncn1Cc1ccccc1Br. The normalized spacial score (nSPS) is 11.9. The van der Waals surface area contributed by atoms with Gasteiger partial charge in [-0.25, -0.2) is 9.67 Å². The minimum atomic E-state index is -4.47. The fraction of sp³-hybridized carbons (Fsp3) is 0.105. The zero-order chi connectivity index (χ0) is 19.9. The number of fused-ring (bicyclic) bond motifs is 1. The molecule has 9 heteroatoms. The molecule has 0 spiro atoms. The molecule has 0 saturated heterocycles. The molecule has 0 unspecified atom stereocenters. The summed E-state index contributed by atoms with van der Waals surface area (Å²) in [6.07, 6.45) is -1.78. The highest BCUT2D eigenvalue weighted by Gasteiger charge is 2.30. The summed E-state index contributed by atoms with van der Waals surface area (Å²) >= 11 is 3.44. The zero-order valence-electron chi connectivity index (χ0n) is 14.2. The van der Waals surface area contributed by atoms with Crippen LogP contribution in [0.5, 0.6) is 0 Å². The average Bonchev–Trinajstić information content (AvgIpc) is 3.10. The van der Waals surface area contributed by atoms with Gasteiger partial charge >= 0.3 is 6.18 Å². The summed E-state index contributed by atoms with van der Waals surface area (Å²) in [5.41, 5.74) is 0.166. The van der Waals surface area contributed by atoms with Crippen LogP contribution in [-0.2, 0) is 12.7 Å². The minimum Gasteiger partial charge on any atom is -0.294 e. The highest BCUT2D eigenvalue weighted by Crippen LogP contribution is 2.30. The van der Waals surface area contributed by atoms with Crippen LogP contribution in [-0.4, -0.2) is 19.3 Å². The van der Waals surface area contributed by atoms with Crippen LogP contribution in [0.2, 0.25) is 0 Å². The topological polar surface area (TPSA) is 52.7 Å². The number of hydrogen-bond donors (Lipinski definition) is 0. The van der Waals surface area contributed by atoms with Gasteiger partial charge in [0.2, 0.25) is 0 Å². The van der Waals surface area contributed by atoms with Crippen molar-refractivity contribution in [3.8, 4) is 5.69 Å². The van der Waals surface area contributed by atoms with E-state index in [0.717, 1.165) is 22.2 Å². The monoisotopic (exact) mass is 448 g/mol. The van der Waals surface area contributed by atoms with Crippen molar-refractivity contribution in [2.45, 2.75) is 12.7 Å². The first-order chi connectivity index (χ1) is 13.3. The van der Waals surface area contributed by atoms with E-state index >= 15 is 0 Å². The molecule has 0 saturated carbocycles. The molecule has 0 bridgehead atoms. The van der Waals surface area contributed by atoms with Gasteiger partial charge in [0.05, 0.1) is 24.0 Å². The molecule has 0 aliphatic carbocycles. The Morgan fingerprint density at radius 2 is 1.86 bits per heavy atom. The van der Waals surface area contributed by atoms with Gasteiger partial charge in [0, 0.05) is 4.47 Å². The maximum absolute atomic E-state index is 13.0. The van der Waals surface area contributed by atoms with E-state index in [1.165, 1.54) is 33.9 Å². The molecule has 2 aromatic carbocycles. The quantitative estimate of drug-likeness (QED) is 0.466. The number of hydrogen-bond acceptors (Lipinski definition) is 3. The molecule has 0 N–H and O–H groups in total. The highest BCUT2D eigenvalue weighted by molar-refractivity contribution is 9.10. The van der Waals surface area contributed by atoms with Gasteiger partial charge in [-0.1, -0.05) is 40.2 Å². The summed E-state index contributed by atoms with van der Waals surface area (Å²) in [6.45, 7) is 0.304. The van der Waals surface area contributed by atoms with Crippen molar-refractivity contribution < 1.29 is 13.2 Å². The summed E-state index contributed by atoms with van der Waals surface area (Å²) < 4.78 is 42.5. The molecule has 142 valence electrons. The van der Waals surface area contributed by atoms with Crippen LogP contribution >= 0.6 is 15.9 Å². The molecule has 2 aromatic heterocycles. The average molecular weight is 449 g/mol. The van der Waals surface area contributed by atoms with E-state index in [9.17, 15) is 18.0 Å². The molecule has 4 rings (SSSR count). The second kappa shape index (κ2) is 6.90. The Kier molecular flexibility index (Phi) is 4.54. The summed E-state index contributed by atoms with van der Waals surface area (Å²) in [5, 5.41) is 4.31. The fourth-order valence-electron chi connectivity index (χ4n) is 2.87. The van der Waals surface area contributed by atoms with Crippen LogP contribution in [0.4, 0.5) is 13.2 Å². The maximum atomic E-state index is 13.0. The van der Waals surface area contributed by atoms with Crippen LogP contribution in [0.1, 0.15) is 11.1 Å². The molecular weight excluding hydrogens is 437 g/mol. The molecule has 0 aliphatic rings. The van der Waals surface area contributed by atoms with Crippen LogP contribution < -0.4 is 5.56 Å². The van der Waals surface area contributed by atoms with Crippen molar-refractivity contribution in [3.63, 3.8) is 0 Å². The van der Waals surface area contributed by atoms with Crippen molar-refractivity contribution in [1.82, 2.24) is 19.3 Å². The van der Waals surface area contributed by atoms with Gasteiger partial charge in [0.25, 0.3) is 5.56 Å². The van der Waals surface area contributed by atoms with E-state index in [1.807, 2.05) is 24.3 Å². The number of halogens is 4. The summed E-state index contributed by atoms with van der Waals surface area (Å²) in [7, 11) is 0. The van der Waals surface area contributed by atoms with E-state index in [4.69, 9.17) is 0 Å². The second-order valence-corrected chi connectivity index (χ2v) is 6.97. The first kappa shape index (κ1) is 18.4. The van der Waals surface area contributed by atoms with E-state index in [1.54, 1.807) is 0 Å². The van der Waals surface area contributed by atoms with Crippen molar-refractivity contribution in [2.24, 2.45) is 0 Å². The van der Waals surface area contributed by atoms with E-state index < -0.39 is 11.7 Å².